The first-order valence-electron chi connectivity index (χ1n) is 7.05. The molecule has 0 N–H and O–H groups in total. The van der Waals surface area contributed by atoms with E-state index >= 15 is 0 Å². The molecule has 0 rings (SSSR count). The van der Waals surface area contributed by atoms with Crippen LogP contribution >= 0.6 is 0 Å². The van der Waals surface area contributed by atoms with Crippen LogP contribution in [0.1, 0.15) is 78.6 Å². The normalized spacial score (nSPS) is 13.4. The molecule has 0 aromatic rings. The van der Waals surface area contributed by atoms with Gasteiger partial charge >= 0.3 is 0 Å². The maximum Gasteiger partial charge on any atom is -0.0391 e. The van der Waals surface area contributed by atoms with E-state index in [4.69, 9.17) is 0 Å². The molecule has 15 heavy (non-hydrogen) atoms. The van der Waals surface area contributed by atoms with E-state index in [2.05, 4.69) is 27.7 Å². The Morgan fingerprint density at radius 3 is 2.07 bits per heavy atom. The smallest absolute Gasteiger partial charge is 0.0391 e. The predicted octanol–water partition coefficient (Wildman–Crippen LogP) is 5.62. The summed E-state index contributed by atoms with van der Waals surface area (Å²) in [4.78, 5) is 0. The van der Waals surface area contributed by atoms with Crippen molar-refractivity contribution in [3.8, 4) is 0 Å². The summed E-state index contributed by atoms with van der Waals surface area (Å²) in [6.07, 6.45) is 12.4. The number of rotatable bonds is 10. The third kappa shape index (κ3) is 7.88. The lowest BCUT2D eigenvalue weighted by atomic mass is 9.85. The highest BCUT2D eigenvalue weighted by molar-refractivity contribution is 4.66. The zero-order chi connectivity index (χ0) is 11.5. The van der Waals surface area contributed by atoms with Crippen molar-refractivity contribution in [1.29, 1.82) is 0 Å². The van der Waals surface area contributed by atoms with Crippen LogP contribution in [-0.2, 0) is 0 Å². The maximum atomic E-state index is 4.05. The fourth-order valence-electron chi connectivity index (χ4n) is 2.37. The molecule has 91 valence electrons. The molecule has 0 fully saturated rings. The molecular weight excluding hydrogens is 180 g/mol. The predicted molar refractivity (Wildman–Crippen MR) is 70.9 cm³/mol. The molecule has 0 aliphatic heterocycles. The highest BCUT2D eigenvalue weighted by atomic mass is 14.2. The van der Waals surface area contributed by atoms with E-state index in [-0.39, 0.29) is 0 Å². The molecule has 0 saturated carbocycles. The highest BCUT2D eigenvalue weighted by Crippen LogP contribution is 2.24. The monoisotopic (exact) mass is 211 g/mol. The Labute approximate surface area is 97.8 Å². The minimum atomic E-state index is 0.862. The Morgan fingerprint density at radius 2 is 1.53 bits per heavy atom. The quantitative estimate of drug-likeness (QED) is 0.411. The van der Waals surface area contributed by atoms with Gasteiger partial charge < -0.3 is 0 Å². The number of unbranched alkanes of at least 4 members (excludes halogenated alkanes) is 5. The third-order valence-electron chi connectivity index (χ3n) is 3.71. The van der Waals surface area contributed by atoms with Gasteiger partial charge in [0, 0.05) is 0 Å². The second-order valence-electron chi connectivity index (χ2n) is 4.99. The molecule has 2 atom stereocenters. The zero-order valence-electron chi connectivity index (χ0n) is 11.2. The molecule has 2 unspecified atom stereocenters. The van der Waals surface area contributed by atoms with Crippen molar-refractivity contribution in [2.75, 3.05) is 0 Å². The lowest BCUT2D eigenvalue weighted by Crippen LogP contribution is -2.09. The van der Waals surface area contributed by atoms with E-state index < -0.39 is 0 Å². The molecule has 0 aliphatic rings. The first-order chi connectivity index (χ1) is 7.26. The Morgan fingerprint density at radius 1 is 0.933 bits per heavy atom. The Bertz CT molecular complexity index is 113. The van der Waals surface area contributed by atoms with Crippen molar-refractivity contribution in [3.05, 3.63) is 6.92 Å². The first-order valence-corrected chi connectivity index (χ1v) is 7.05. The average molecular weight is 211 g/mol. The minimum absolute atomic E-state index is 0.862. The van der Waals surface area contributed by atoms with Crippen molar-refractivity contribution in [2.24, 2.45) is 11.8 Å². The molecule has 0 aliphatic carbocycles. The van der Waals surface area contributed by atoms with Crippen LogP contribution in [0.15, 0.2) is 0 Å². The molecule has 0 heterocycles. The molecule has 0 nitrogen and oxygen atoms in total. The second kappa shape index (κ2) is 10.5. The number of hydrogen-bond acceptors (Lipinski definition) is 0. The van der Waals surface area contributed by atoms with Crippen molar-refractivity contribution >= 4 is 0 Å². The molecule has 0 spiro atoms. The highest BCUT2D eigenvalue weighted by Gasteiger charge is 2.12. The number of hydrogen-bond donors (Lipinski definition) is 0. The van der Waals surface area contributed by atoms with Crippen LogP contribution in [0.4, 0.5) is 0 Å². The summed E-state index contributed by atoms with van der Waals surface area (Å²) >= 11 is 0. The van der Waals surface area contributed by atoms with Crippen molar-refractivity contribution in [2.45, 2.75) is 78.6 Å². The van der Waals surface area contributed by atoms with Gasteiger partial charge in [-0.3, -0.25) is 0 Å². The summed E-state index contributed by atoms with van der Waals surface area (Å²) in [5, 5.41) is 0. The van der Waals surface area contributed by atoms with Gasteiger partial charge in [-0.15, -0.1) is 0 Å². The molecule has 0 amide bonds. The standard InChI is InChI=1S/C15H31/c1-5-8-9-10-11-12-13-14(4)15(6-2)7-3/h14-15H,2,5-13H2,1,3-4H3. The molecule has 1 radical (unpaired) electrons. The van der Waals surface area contributed by atoms with Gasteiger partial charge in [0.2, 0.25) is 0 Å². The molecule has 0 aromatic heterocycles. The van der Waals surface area contributed by atoms with Crippen LogP contribution < -0.4 is 0 Å². The van der Waals surface area contributed by atoms with Crippen molar-refractivity contribution in [3.63, 3.8) is 0 Å². The van der Waals surface area contributed by atoms with E-state index in [9.17, 15) is 0 Å². The van der Waals surface area contributed by atoms with Gasteiger partial charge in [0.1, 0.15) is 0 Å². The minimum Gasteiger partial charge on any atom is -0.0654 e. The Balaban J connectivity index is 3.33. The van der Waals surface area contributed by atoms with Crippen LogP contribution in [-0.4, -0.2) is 0 Å². The summed E-state index contributed by atoms with van der Waals surface area (Å²) in [6.45, 7) is 11.0. The summed E-state index contributed by atoms with van der Waals surface area (Å²) in [7, 11) is 0. The topological polar surface area (TPSA) is 0 Å². The van der Waals surface area contributed by atoms with Gasteiger partial charge in [-0.2, -0.15) is 0 Å². The molecule has 0 heteroatoms. The van der Waals surface area contributed by atoms with Crippen LogP contribution in [0.25, 0.3) is 0 Å². The van der Waals surface area contributed by atoms with Crippen LogP contribution in [0.2, 0.25) is 0 Å². The largest absolute Gasteiger partial charge is 0.0654 e. The molecule has 0 aromatic carbocycles. The fraction of sp³-hybridized carbons (Fsp3) is 0.933. The lowest BCUT2D eigenvalue weighted by Gasteiger charge is -2.20. The van der Waals surface area contributed by atoms with E-state index in [0.29, 0.717) is 0 Å². The van der Waals surface area contributed by atoms with Crippen molar-refractivity contribution < 1.29 is 0 Å². The summed E-state index contributed by atoms with van der Waals surface area (Å²) in [6, 6.07) is 0. The fourth-order valence-corrected chi connectivity index (χ4v) is 2.37. The van der Waals surface area contributed by atoms with E-state index in [1.54, 1.807) is 0 Å². The van der Waals surface area contributed by atoms with Crippen LogP contribution in [0.5, 0.6) is 0 Å². The van der Waals surface area contributed by atoms with E-state index in [1.807, 2.05) is 0 Å². The van der Waals surface area contributed by atoms with Crippen LogP contribution in [0.3, 0.4) is 0 Å². The van der Waals surface area contributed by atoms with Crippen LogP contribution in [0, 0.1) is 18.8 Å². The van der Waals surface area contributed by atoms with Gasteiger partial charge in [-0.05, 0) is 11.8 Å². The van der Waals surface area contributed by atoms with Crippen molar-refractivity contribution in [1.82, 2.24) is 0 Å². The lowest BCUT2D eigenvalue weighted by molar-refractivity contribution is 0.319. The summed E-state index contributed by atoms with van der Waals surface area (Å²) < 4.78 is 0. The SMILES string of the molecule is [CH2]CC(CC)C(C)CCCCCCCC. The van der Waals surface area contributed by atoms with Gasteiger partial charge in [0.25, 0.3) is 0 Å². The second-order valence-corrected chi connectivity index (χ2v) is 4.99. The van der Waals surface area contributed by atoms with Gasteiger partial charge in [-0.1, -0.05) is 85.5 Å². The summed E-state index contributed by atoms with van der Waals surface area (Å²) in [5.74, 6) is 1.75. The Kier molecular flexibility index (Phi) is 10.5. The molecular formula is C15H31. The van der Waals surface area contributed by atoms with E-state index in [0.717, 1.165) is 18.3 Å². The van der Waals surface area contributed by atoms with E-state index in [1.165, 1.54) is 51.4 Å². The van der Waals surface area contributed by atoms with Gasteiger partial charge in [0.05, 0.1) is 0 Å². The third-order valence-corrected chi connectivity index (χ3v) is 3.71. The van der Waals surface area contributed by atoms with Gasteiger partial charge in [0.15, 0.2) is 0 Å². The molecule has 0 bridgehead atoms. The summed E-state index contributed by atoms with van der Waals surface area (Å²) in [5.41, 5.74) is 0. The first kappa shape index (κ1) is 15.0. The maximum absolute atomic E-state index is 4.05. The molecule has 0 saturated heterocycles. The van der Waals surface area contributed by atoms with Gasteiger partial charge in [-0.25, -0.2) is 0 Å². The Hall–Kier alpha value is 0. The average Bonchev–Trinajstić information content (AvgIpc) is 2.25. The zero-order valence-corrected chi connectivity index (χ0v) is 11.2.